The monoisotopic (exact) mass is 416 g/mol. The van der Waals surface area contributed by atoms with Crippen LogP contribution in [0.25, 0.3) is 0 Å². The first-order valence-electron chi connectivity index (χ1n) is 10.4. The van der Waals surface area contributed by atoms with Crippen molar-refractivity contribution in [1.29, 1.82) is 0 Å². The molecule has 0 spiro atoms. The van der Waals surface area contributed by atoms with E-state index in [-0.39, 0.29) is 54.2 Å². The van der Waals surface area contributed by atoms with Gasteiger partial charge in [0.1, 0.15) is 18.9 Å². The summed E-state index contributed by atoms with van der Waals surface area (Å²) < 4.78 is 24.9. The largest absolute Gasteiger partial charge is 0.368 e. The van der Waals surface area contributed by atoms with Crippen molar-refractivity contribution in [1.82, 2.24) is 10.6 Å². The van der Waals surface area contributed by atoms with Crippen LogP contribution in [-0.2, 0) is 19.1 Å². The lowest BCUT2D eigenvalue weighted by Gasteiger charge is -2.70. The Balaban J connectivity index is 1.16. The van der Waals surface area contributed by atoms with Gasteiger partial charge < -0.3 is 20.1 Å². The maximum Gasteiger partial charge on any atom is 0.249 e. The van der Waals surface area contributed by atoms with E-state index >= 15 is 0 Å². The number of amides is 2. The summed E-state index contributed by atoms with van der Waals surface area (Å²) in [4.78, 5) is 24.6. The number of hydrogen-bond acceptors (Lipinski definition) is 4. The summed E-state index contributed by atoms with van der Waals surface area (Å²) in [6.07, 6.45) is 2.95. The molecule has 0 aromatic carbocycles. The number of carbonyl (C=O) groups is 2. The van der Waals surface area contributed by atoms with Gasteiger partial charge in [0.05, 0.1) is 17.6 Å². The zero-order chi connectivity index (χ0) is 20.1. The van der Waals surface area contributed by atoms with Crippen molar-refractivity contribution in [3.8, 4) is 0 Å². The fraction of sp³-hybridized carbons (Fsp3) is 0.900. The molecule has 4 aliphatic carbocycles. The first-order valence-corrected chi connectivity index (χ1v) is 10.8. The third-order valence-electron chi connectivity index (χ3n) is 6.98. The number of carbonyl (C=O) groups excluding carboxylic acids is 2. The van der Waals surface area contributed by atoms with Crippen molar-refractivity contribution in [2.75, 3.05) is 6.61 Å². The molecule has 1 heterocycles. The number of nitrogens with one attached hydrogen (secondary N) is 2. The molecule has 2 N–H and O–H groups in total. The van der Waals surface area contributed by atoms with E-state index in [9.17, 15) is 14.0 Å². The minimum Gasteiger partial charge on any atom is -0.368 e. The minimum absolute atomic E-state index is 0.0326. The highest BCUT2D eigenvalue weighted by molar-refractivity contribution is 6.21. The Morgan fingerprint density at radius 1 is 1.14 bits per heavy atom. The molecule has 1 saturated heterocycles. The predicted octanol–water partition coefficient (Wildman–Crippen LogP) is 2.22. The minimum atomic E-state index is -1.07. The maximum atomic E-state index is 13.6. The molecule has 1 aliphatic heterocycles. The van der Waals surface area contributed by atoms with E-state index in [2.05, 4.69) is 17.6 Å². The number of hydrogen-bond donors (Lipinski definition) is 2. The molecular formula is C20H30ClFN2O4. The molecular weight excluding hydrogens is 387 g/mol. The lowest BCUT2D eigenvalue weighted by molar-refractivity contribution is -0.157. The Morgan fingerprint density at radius 3 is 2.43 bits per heavy atom. The summed E-state index contributed by atoms with van der Waals surface area (Å²) >= 11 is 5.87. The SMILES string of the molecule is CC1CC(C(=O)NC23CC(NC(=O)COC4CCC(Cl)C(F)C4)(C2)C3)OC1C. The predicted molar refractivity (Wildman–Crippen MR) is 102 cm³/mol. The molecule has 5 aliphatic rings. The highest BCUT2D eigenvalue weighted by Crippen LogP contribution is 2.60. The third-order valence-corrected chi connectivity index (χ3v) is 7.47. The second-order valence-electron chi connectivity index (χ2n) is 9.45. The molecule has 158 valence electrons. The number of halogens is 2. The van der Waals surface area contributed by atoms with Crippen LogP contribution in [0.2, 0.25) is 0 Å². The number of ether oxygens (including phenoxy) is 2. The van der Waals surface area contributed by atoms with Crippen molar-refractivity contribution in [2.24, 2.45) is 5.92 Å². The van der Waals surface area contributed by atoms with Gasteiger partial charge in [-0.2, -0.15) is 0 Å². The van der Waals surface area contributed by atoms with E-state index in [1.165, 1.54) is 0 Å². The molecule has 2 amide bonds. The Kier molecular flexibility index (Phi) is 5.38. The van der Waals surface area contributed by atoms with Gasteiger partial charge in [-0.05, 0) is 51.4 Å². The van der Waals surface area contributed by atoms with Gasteiger partial charge in [0.15, 0.2) is 0 Å². The third kappa shape index (κ3) is 3.90. The van der Waals surface area contributed by atoms with Gasteiger partial charge in [0.2, 0.25) is 11.8 Å². The maximum absolute atomic E-state index is 13.6. The van der Waals surface area contributed by atoms with Crippen molar-refractivity contribution in [3.05, 3.63) is 0 Å². The smallest absolute Gasteiger partial charge is 0.249 e. The highest BCUT2D eigenvalue weighted by Gasteiger charge is 2.69. The quantitative estimate of drug-likeness (QED) is 0.651. The molecule has 5 fully saturated rings. The van der Waals surface area contributed by atoms with Crippen LogP contribution in [0.3, 0.4) is 0 Å². The van der Waals surface area contributed by atoms with Gasteiger partial charge in [0, 0.05) is 17.5 Å². The molecule has 4 saturated carbocycles. The molecule has 0 radical (unpaired) electrons. The topological polar surface area (TPSA) is 76.7 Å². The van der Waals surface area contributed by atoms with E-state index in [1.807, 2.05) is 6.92 Å². The summed E-state index contributed by atoms with van der Waals surface area (Å²) in [5.74, 6) is 0.182. The van der Waals surface area contributed by atoms with Crippen LogP contribution in [0.4, 0.5) is 4.39 Å². The zero-order valence-corrected chi connectivity index (χ0v) is 17.3. The van der Waals surface area contributed by atoms with Gasteiger partial charge in [-0.15, -0.1) is 11.6 Å². The number of alkyl halides is 2. The van der Waals surface area contributed by atoms with Gasteiger partial charge in [0.25, 0.3) is 0 Å². The van der Waals surface area contributed by atoms with Crippen LogP contribution in [0, 0.1) is 5.92 Å². The molecule has 0 aromatic heterocycles. The van der Waals surface area contributed by atoms with Gasteiger partial charge in [-0.25, -0.2) is 4.39 Å². The Labute approximate surface area is 170 Å². The van der Waals surface area contributed by atoms with Crippen LogP contribution in [0.1, 0.15) is 58.8 Å². The number of rotatable bonds is 6. The summed E-state index contributed by atoms with van der Waals surface area (Å²) in [6.45, 7) is 4.04. The molecule has 28 heavy (non-hydrogen) atoms. The summed E-state index contributed by atoms with van der Waals surface area (Å²) in [6, 6.07) is 0. The van der Waals surface area contributed by atoms with E-state index in [4.69, 9.17) is 21.1 Å². The summed E-state index contributed by atoms with van der Waals surface area (Å²) in [5.41, 5.74) is -0.412. The Morgan fingerprint density at radius 2 is 1.82 bits per heavy atom. The normalized spacial score (nSPS) is 47.0. The second kappa shape index (κ2) is 7.40. The Hall–Kier alpha value is -0.920. The fourth-order valence-corrected chi connectivity index (χ4v) is 5.49. The first kappa shape index (κ1) is 20.4. The summed E-state index contributed by atoms with van der Waals surface area (Å²) in [7, 11) is 0. The molecule has 6 unspecified atom stereocenters. The van der Waals surface area contributed by atoms with Crippen molar-refractivity contribution in [3.63, 3.8) is 0 Å². The summed E-state index contributed by atoms with van der Waals surface area (Å²) in [5, 5.41) is 5.72. The van der Waals surface area contributed by atoms with Crippen molar-refractivity contribution >= 4 is 23.4 Å². The zero-order valence-electron chi connectivity index (χ0n) is 16.5. The molecule has 6 nitrogen and oxygen atoms in total. The average Bonchev–Trinajstić information content (AvgIpc) is 2.92. The lowest BCUT2D eigenvalue weighted by Crippen LogP contribution is -2.84. The molecule has 5 rings (SSSR count). The Bertz CT molecular complexity index is 618. The second-order valence-corrected chi connectivity index (χ2v) is 10.0. The molecule has 0 aromatic rings. The fourth-order valence-electron chi connectivity index (χ4n) is 5.26. The van der Waals surface area contributed by atoms with E-state index in [0.29, 0.717) is 18.8 Å². The molecule has 2 bridgehead atoms. The van der Waals surface area contributed by atoms with Crippen molar-refractivity contribution in [2.45, 2.75) is 99.7 Å². The van der Waals surface area contributed by atoms with Gasteiger partial charge in [-0.1, -0.05) is 6.92 Å². The first-order chi connectivity index (χ1) is 13.2. The lowest BCUT2D eigenvalue weighted by atomic mass is 9.44. The van der Waals surface area contributed by atoms with Gasteiger partial charge in [-0.3, -0.25) is 9.59 Å². The molecule has 8 heteroatoms. The van der Waals surface area contributed by atoms with Crippen molar-refractivity contribution < 1.29 is 23.5 Å². The van der Waals surface area contributed by atoms with Crippen LogP contribution in [0.15, 0.2) is 0 Å². The van der Waals surface area contributed by atoms with E-state index in [0.717, 1.165) is 25.7 Å². The van der Waals surface area contributed by atoms with Crippen LogP contribution >= 0.6 is 11.6 Å². The van der Waals surface area contributed by atoms with Crippen LogP contribution < -0.4 is 10.6 Å². The van der Waals surface area contributed by atoms with Crippen LogP contribution in [0.5, 0.6) is 0 Å². The van der Waals surface area contributed by atoms with Gasteiger partial charge >= 0.3 is 0 Å². The van der Waals surface area contributed by atoms with Crippen LogP contribution in [-0.4, -0.2) is 59.4 Å². The average molecular weight is 417 g/mol. The highest BCUT2D eigenvalue weighted by atomic mass is 35.5. The van der Waals surface area contributed by atoms with E-state index in [1.54, 1.807) is 0 Å². The van der Waals surface area contributed by atoms with E-state index < -0.39 is 11.5 Å². The standard InChI is InChI=1S/C20H30ClFN2O4/c1-11-5-16(28-12(11)2)18(26)24-20-8-19(9-20,10-20)23-17(25)7-27-13-3-4-14(21)15(22)6-13/h11-16H,3-10H2,1-2H3,(H,23,25)(H,24,26). The molecule has 6 atom stereocenters.